The lowest BCUT2D eigenvalue weighted by Gasteiger charge is -2.21. The molecule has 4 aromatic rings. The van der Waals surface area contributed by atoms with Gasteiger partial charge in [0.25, 0.3) is 0 Å². The molecule has 1 saturated carbocycles. The normalized spacial score (nSPS) is 13.8. The van der Waals surface area contributed by atoms with Gasteiger partial charge in [-0.2, -0.15) is 0 Å². The van der Waals surface area contributed by atoms with Gasteiger partial charge in [0.15, 0.2) is 11.6 Å². The summed E-state index contributed by atoms with van der Waals surface area (Å²) >= 11 is 3.46. The van der Waals surface area contributed by atoms with E-state index in [1.165, 1.54) is 19.3 Å². The highest BCUT2D eigenvalue weighted by Gasteiger charge is 2.21. The van der Waals surface area contributed by atoms with E-state index in [-0.39, 0.29) is 0 Å². The highest BCUT2D eigenvalue weighted by Crippen LogP contribution is 2.32. The predicted molar refractivity (Wildman–Crippen MR) is 137 cm³/mol. The number of rotatable bonds is 3. The van der Waals surface area contributed by atoms with Gasteiger partial charge >= 0.3 is 0 Å². The molecule has 162 valence electrons. The van der Waals surface area contributed by atoms with Gasteiger partial charge in [-0.15, -0.1) is 0 Å². The van der Waals surface area contributed by atoms with E-state index in [1.54, 1.807) is 0 Å². The fourth-order valence-electron chi connectivity index (χ4n) is 4.16. The highest BCUT2D eigenvalue weighted by molar-refractivity contribution is 9.10. The van der Waals surface area contributed by atoms with E-state index in [0.717, 1.165) is 57.0 Å². The zero-order valence-electron chi connectivity index (χ0n) is 18.3. The van der Waals surface area contributed by atoms with Crippen LogP contribution >= 0.6 is 15.9 Å². The zero-order chi connectivity index (χ0) is 22.5. The van der Waals surface area contributed by atoms with Crippen LogP contribution in [0.1, 0.15) is 55.0 Å². The van der Waals surface area contributed by atoms with Gasteiger partial charge in [-0.05, 0) is 61.4 Å². The summed E-state index contributed by atoms with van der Waals surface area (Å²) in [5, 5.41) is 0. The van der Waals surface area contributed by atoms with Gasteiger partial charge in [0.05, 0.1) is 0 Å². The second-order valence-electron chi connectivity index (χ2n) is 8.38. The van der Waals surface area contributed by atoms with Crippen LogP contribution in [0, 0.1) is 11.8 Å². The molecule has 33 heavy (non-hydrogen) atoms. The van der Waals surface area contributed by atoms with E-state index in [1.807, 2.05) is 54.6 Å². The first-order valence-electron chi connectivity index (χ1n) is 11.4. The minimum atomic E-state index is 0.416. The fraction of sp³-hybridized carbons (Fsp3) is 0.207. The van der Waals surface area contributed by atoms with Crippen LogP contribution in [-0.4, -0.2) is 15.0 Å². The molecule has 0 N–H and O–H groups in total. The smallest absolute Gasteiger partial charge is 0.163 e. The Balaban J connectivity index is 1.47. The SMILES string of the molecule is Brc1ccc(C#Cc2ccc(-c3nc(-c4ccccc4)nc(C4CCCCC4)n3)cc2)cc1. The molecule has 0 atom stereocenters. The summed E-state index contributed by atoms with van der Waals surface area (Å²) in [5.41, 5.74) is 3.96. The van der Waals surface area contributed by atoms with Gasteiger partial charge in [-0.25, -0.2) is 15.0 Å². The van der Waals surface area contributed by atoms with Crippen LogP contribution in [0.2, 0.25) is 0 Å². The average Bonchev–Trinajstić information content (AvgIpc) is 2.89. The van der Waals surface area contributed by atoms with Crippen molar-refractivity contribution in [2.45, 2.75) is 38.0 Å². The molecule has 0 amide bonds. The van der Waals surface area contributed by atoms with Gasteiger partial charge < -0.3 is 0 Å². The maximum absolute atomic E-state index is 4.92. The van der Waals surface area contributed by atoms with Gasteiger partial charge in [0.1, 0.15) is 5.82 Å². The van der Waals surface area contributed by atoms with Crippen molar-refractivity contribution >= 4 is 15.9 Å². The Kier molecular flexibility index (Phi) is 6.60. The first kappa shape index (κ1) is 21.6. The van der Waals surface area contributed by atoms with Crippen LogP contribution in [0.3, 0.4) is 0 Å². The molecule has 1 aliphatic carbocycles. The molecule has 1 aliphatic rings. The molecule has 0 radical (unpaired) electrons. The number of benzene rings is 3. The van der Waals surface area contributed by atoms with Crippen molar-refractivity contribution in [2.75, 3.05) is 0 Å². The summed E-state index contributed by atoms with van der Waals surface area (Å²) in [4.78, 5) is 14.7. The van der Waals surface area contributed by atoms with Gasteiger partial charge in [-0.3, -0.25) is 0 Å². The van der Waals surface area contributed by atoms with Gasteiger partial charge in [0.2, 0.25) is 0 Å². The molecule has 1 aromatic heterocycles. The van der Waals surface area contributed by atoms with Crippen LogP contribution < -0.4 is 0 Å². The van der Waals surface area contributed by atoms with E-state index in [2.05, 4.69) is 52.0 Å². The third-order valence-corrected chi connectivity index (χ3v) is 6.52. The quantitative estimate of drug-likeness (QED) is 0.278. The first-order chi connectivity index (χ1) is 16.2. The van der Waals surface area contributed by atoms with E-state index < -0.39 is 0 Å². The molecule has 3 nitrogen and oxygen atoms in total. The van der Waals surface area contributed by atoms with Crippen LogP contribution in [-0.2, 0) is 0 Å². The zero-order valence-corrected chi connectivity index (χ0v) is 19.9. The molecule has 1 fully saturated rings. The summed E-state index contributed by atoms with van der Waals surface area (Å²) in [6, 6.07) is 26.4. The van der Waals surface area contributed by atoms with Gasteiger partial charge in [-0.1, -0.05) is 77.4 Å². The lowest BCUT2D eigenvalue weighted by Crippen LogP contribution is -2.11. The molecule has 0 aliphatic heterocycles. The van der Waals surface area contributed by atoms with E-state index >= 15 is 0 Å². The Labute approximate surface area is 203 Å². The maximum atomic E-state index is 4.92. The molecule has 5 rings (SSSR count). The van der Waals surface area contributed by atoms with Crippen LogP contribution in [0.4, 0.5) is 0 Å². The number of nitrogens with zero attached hydrogens (tertiary/aromatic N) is 3. The summed E-state index contributed by atoms with van der Waals surface area (Å²) in [6.07, 6.45) is 6.11. The summed E-state index contributed by atoms with van der Waals surface area (Å²) in [6.45, 7) is 0. The van der Waals surface area contributed by atoms with Crippen LogP contribution in [0.25, 0.3) is 22.8 Å². The Hall–Kier alpha value is -3.29. The molecular formula is C29H24BrN3. The summed E-state index contributed by atoms with van der Waals surface area (Å²) < 4.78 is 1.05. The topological polar surface area (TPSA) is 38.7 Å². The van der Waals surface area contributed by atoms with Crippen molar-refractivity contribution in [3.05, 3.63) is 100 Å². The molecule has 0 saturated heterocycles. The number of hydrogen-bond acceptors (Lipinski definition) is 3. The van der Waals surface area contributed by atoms with Crippen molar-refractivity contribution in [2.24, 2.45) is 0 Å². The van der Waals surface area contributed by atoms with E-state index in [4.69, 9.17) is 15.0 Å². The fourth-order valence-corrected chi connectivity index (χ4v) is 4.43. The summed E-state index contributed by atoms with van der Waals surface area (Å²) in [5.74, 6) is 9.29. The summed E-state index contributed by atoms with van der Waals surface area (Å²) in [7, 11) is 0. The molecule has 0 unspecified atom stereocenters. The molecule has 0 spiro atoms. The average molecular weight is 494 g/mol. The van der Waals surface area contributed by atoms with Crippen LogP contribution in [0.15, 0.2) is 83.3 Å². The number of aromatic nitrogens is 3. The Bertz CT molecular complexity index is 1280. The molecular weight excluding hydrogens is 470 g/mol. The van der Waals surface area contributed by atoms with Crippen molar-refractivity contribution in [1.82, 2.24) is 15.0 Å². The van der Waals surface area contributed by atoms with E-state index in [0.29, 0.717) is 5.92 Å². The minimum Gasteiger partial charge on any atom is -0.213 e. The molecule has 4 heteroatoms. The van der Waals surface area contributed by atoms with E-state index in [9.17, 15) is 0 Å². The Morgan fingerprint density at radius 3 is 1.76 bits per heavy atom. The third kappa shape index (κ3) is 5.38. The number of hydrogen-bond donors (Lipinski definition) is 0. The van der Waals surface area contributed by atoms with Crippen molar-refractivity contribution in [1.29, 1.82) is 0 Å². The minimum absolute atomic E-state index is 0.416. The number of halogens is 1. The molecule has 1 heterocycles. The second-order valence-corrected chi connectivity index (χ2v) is 9.29. The second kappa shape index (κ2) is 10.1. The van der Waals surface area contributed by atoms with Crippen molar-refractivity contribution in [3.8, 4) is 34.6 Å². The van der Waals surface area contributed by atoms with Crippen molar-refractivity contribution in [3.63, 3.8) is 0 Å². The lowest BCUT2D eigenvalue weighted by molar-refractivity contribution is 0.428. The van der Waals surface area contributed by atoms with Crippen LogP contribution in [0.5, 0.6) is 0 Å². The lowest BCUT2D eigenvalue weighted by atomic mass is 9.88. The van der Waals surface area contributed by atoms with Gasteiger partial charge in [0, 0.05) is 32.6 Å². The predicted octanol–water partition coefficient (Wildman–Crippen LogP) is 7.42. The monoisotopic (exact) mass is 493 g/mol. The Morgan fingerprint density at radius 1 is 0.606 bits per heavy atom. The van der Waals surface area contributed by atoms with Crippen molar-refractivity contribution < 1.29 is 0 Å². The largest absolute Gasteiger partial charge is 0.213 e. The first-order valence-corrected chi connectivity index (χ1v) is 12.2. The standard InChI is InChI=1S/C29H24BrN3/c30-26-19-15-22(16-20-26)12-11-21-13-17-25(18-14-21)29-32-27(23-7-3-1-4-8-23)31-28(33-29)24-9-5-2-6-10-24/h1,3-4,7-8,13-20,24H,2,5-6,9-10H2. The molecule has 3 aromatic carbocycles. The third-order valence-electron chi connectivity index (χ3n) is 5.99. The highest BCUT2D eigenvalue weighted by atomic mass is 79.9. The maximum Gasteiger partial charge on any atom is 0.163 e. The Morgan fingerprint density at radius 2 is 1.15 bits per heavy atom. The molecule has 0 bridgehead atoms.